The third kappa shape index (κ3) is 5.26. The number of ether oxygens (including phenoxy) is 2. The first-order chi connectivity index (χ1) is 18.3. The van der Waals surface area contributed by atoms with E-state index in [-0.39, 0.29) is 6.10 Å². The number of para-hydroxylation sites is 1. The molecule has 0 spiro atoms. The van der Waals surface area contributed by atoms with Crippen LogP contribution in [-0.4, -0.2) is 67.3 Å². The molecule has 1 atom stereocenters. The van der Waals surface area contributed by atoms with Gasteiger partial charge in [-0.25, -0.2) is 4.98 Å². The van der Waals surface area contributed by atoms with E-state index in [0.29, 0.717) is 18.5 Å². The summed E-state index contributed by atoms with van der Waals surface area (Å²) in [4.78, 5) is 9.82. The van der Waals surface area contributed by atoms with Gasteiger partial charge in [-0.15, -0.1) is 0 Å². The lowest BCUT2D eigenvalue weighted by Gasteiger charge is -2.41. The Morgan fingerprint density at radius 2 is 1.43 bits per heavy atom. The van der Waals surface area contributed by atoms with Crippen molar-refractivity contribution in [1.82, 2.24) is 14.8 Å². The van der Waals surface area contributed by atoms with Crippen LogP contribution in [0.5, 0.6) is 5.88 Å². The number of aryl methyl sites for hydroxylation is 2. The second-order valence-corrected chi connectivity index (χ2v) is 10.1. The molecule has 6 rings (SSSR count). The van der Waals surface area contributed by atoms with Crippen molar-refractivity contribution in [2.45, 2.75) is 25.0 Å². The van der Waals surface area contributed by atoms with Crippen LogP contribution in [0, 0.1) is 0 Å². The number of methoxy groups -OCH3 is 1. The Labute approximate surface area is 219 Å². The Morgan fingerprint density at radius 1 is 0.784 bits per heavy atom. The van der Waals surface area contributed by atoms with Crippen molar-refractivity contribution in [3.8, 4) is 5.88 Å². The minimum absolute atomic E-state index is 0.000784. The highest BCUT2D eigenvalue weighted by Crippen LogP contribution is 2.37. The number of rotatable bonds is 7. The zero-order chi connectivity index (χ0) is 25.0. The van der Waals surface area contributed by atoms with E-state index in [1.54, 1.807) is 7.11 Å². The first-order valence-electron chi connectivity index (χ1n) is 13.4. The summed E-state index contributed by atoms with van der Waals surface area (Å²) in [6.45, 7) is 5.47. The Morgan fingerprint density at radius 3 is 2.14 bits per heavy atom. The van der Waals surface area contributed by atoms with Gasteiger partial charge in [0.15, 0.2) is 0 Å². The summed E-state index contributed by atoms with van der Waals surface area (Å²) in [5.41, 5.74) is 6.89. The zero-order valence-electron chi connectivity index (χ0n) is 21.6. The number of fused-ring (bicyclic) bond motifs is 3. The molecule has 0 saturated carbocycles. The number of aromatic nitrogens is 1. The van der Waals surface area contributed by atoms with Gasteiger partial charge in [0, 0.05) is 51.3 Å². The van der Waals surface area contributed by atoms with Crippen molar-refractivity contribution < 1.29 is 9.47 Å². The molecule has 0 amide bonds. The summed E-state index contributed by atoms with van der Waals surface area (Å²) < 4.78 is 11.9. The van der Waals surface area contributed by atoms with Crippen molar-refractivity contribution in [2.75, 3.05) is 46.4 Å². The van der Waals surface area contributed by atoms with E-state index in [1.165, 1.54) is 22.3 Å². The molecule has 2 aliphatic rings. The third-order valence-corrected chi connectivity index (χ3v) is 7.92. The lowest BCUT2D eigenvalue weighted by Crippen LogP contribution is -2.50. The molecule has 0 bridgehead atoms. The van der Waals surface area contributed by atoms with Crippen molar-refractivity contribution >= 4 is 10.9 Å². The summed E-state index contributed by atoms with van der Waals surface area (Å²) in [7, 11) is 1.78. The molecule has 3 aromatic carbocycles. The summed E-state index contributed by atoms with van der Waals surface area (Å²) in [6, 6.07) is 30.5. The molecule has 1 aliphatic carbocycles. The van der Waals surface area contributed by atoms with Gasteiger partial charge in [-0.05, 0) is 47.2 Å². The van der Waals surface area contributed by atoms with Gasteiger partial charge in [0.25, 0.3) is 0 Å². The SMILES string of the molecule is COC(COc1ccc2ccccc2n1)CN1CCN(C2c3ccccc3CCc3ccccc32)CC1. The molecule has 2 heterocycles. The van der Waals surface area contributed by atoms with Crippen LogP contribution in [0.25, 0.3) is 10.9 Å². The Hall–Kier alpha value is -3.25. The van der Waals surface area contributed by atoms with Gasteiger partial charge in [0.1, 0.15) is 12.7 Å². The summed E-state index contributed by atoms with van der Waals surface area (Å²) in [5.74, 6) is 0.649. The quantitative estimate of drug-likeness (QED) is 0.357. The van der Waals surface area contributed by atoms with Crippen LogP contribution in [-0.2, 0) is 17.6 Å². The number of nitrogens with zero attached hydrogens (tertiary/aromatic N) is 3. The molecule has 0 N–H and O–H groups in total. The molecule has 1 unspecified atom stereocenters. The smallest absolute Gasteiger partial charge is 0.213 e. The highest BCUT2D eigenvalue weighted by molar-refractivity contribution is 5.78. The summed E-state index contributed by atoms with van der Waals surface area (Å²) in [6.07, 6.45) is 2.23. The predicted molar refractivity (Wildman–Crippen MR) is 148 cm³/mol. The second-order valence-electron chi connectivity index (χ2n) is 10.1. The maximum absolute atomic E-state index is 6.04. The van der Waals surface area contributed by atoms with Crippen molar-refractivity contribution in [1.29, 1.82) is 0 Å². The first kappa shape index (κ1) is 24.1. The number of hydrogen-bond donors (Lipinski definition) is 0. The van der Waals surface area contributed by atoms with E-state index in [9.17, 15) is 0 Å². The van der Waals surface area contributed by atoms with Gasteiger partial charge in [-0.2, -0.15) is 0 Å². The monoisotopic (exact) mass is 493 g/mol. The second kappa shape index (κ2) is 11.0. The van der Waals surface area contributed by atoms with Crippen LogP contribution in [0.4, 0.5) is 0 Å². The number of benzene rings is 3. The maximum Gasteiger partial charge on any atom is 0.213 e. The van der Waals surface area contributed by atoms with Crippen LogP contribution in [0.3, 0.4) is 0 Å². The van der Waals surface area contributed by atoms with Crippen LogP contribution < -0.4 is 4.74 Å². The summed E-state index contributed by atoms with van der Waals surface area (Å²) in [5, 5.41) is 1.12. The van der Waals surface area contributed by atoms with Crippen LogP contribution in [0.2, 0.25) is 0 Å². The number of piperazine rings is 1. The Bertz CT molecular complexity index is 1300. The average Bonchev–Trinajstić information content (AvgIpc) is 3.12. The van der Waals surface area contributed by atoms with E-state index >= 15 is 0 Å². The Kier molecular flexibility index (Phi) is 7.18. The van der Waals surface area contributed by atoms with Gasteiger partial charge in [0.2, 0.25) is 5.88 Å². The van der Waals surface area contributed by atoms with Gasteiger partial charge < -0.3 is 9.47 Å². The predicted octanol–water partition coefficient (Wildman–Crippen LogP) is 5.13. The van der Waals surface area contributed by atoms with Gasteiger partial charge in [-0.3, -0.25) is 9.80 Å². The molecule has 0 radical (unpaired) electrons. The number of pyridine rings is 1. The zero-order valence-corrected chi connectivity index (χ0v) is 21.6. The molecule has 5 nitrogen and oxygen atoms in total. The fourth-order valence-corrected chi connectivity index (χ4v) is 5.88. The van der Waals surface area contributed by atoms with Crippen molar-refractivity contribution in [3.63, 3.8) is 0 Å². The van der Waals surface area contributed by atoms with E-state index in [2.05, 4.69) is 75.4 Å². The van der Waals surface area contributed by atoms with Gasteiger partial charge >= 0.3 is 0 Å². The van der Waals surface area contributed by atoms with E-state index in [0.717, 1.165) is 56.5 Å². The molecule has 1 aliphatic heterocycles. The normalized spacial score (nSPS) is 17.6. The molecule has 1 saturated heterocycles. The third-order valence-electron chi connectivity index (χ3n) is 7.92. The molecule has 37 heavy (non-hydrogen) atoms. The number of hydrogen-bond acceptors (Lipinski definition) is 5. The van der Waals surface area contributed by atoms with Crippen molar-refractivity contribution in [3.05, 3.63) is 107 Å². The molecular formula is C32H35N3O2. The van der Waals surface area contributed by atoms with Crippen LogP contribution >= 0.6 is 0 Å². The first-order valence-corrected chi connectivity index (χ1v) is 13.4. The molecule has 5 heteroatoms. The van der Waals surface area contributed by atoms with Crippen molar-refractivity contribution in [2.24, 2.45) is 0 Å². The van der Waals surface area contributed by atoms with Gasteiger partial charge in [-0.1, -0.05) is 66.7 Å². The average molecular weight is 494 g/mol. The minimum atomic E-state index is -0.000784. The highest BCUT2D eigenvalue weighted by atomic mass is 16.5. The fraction of sp³-hybridized carbons (Fsp3) is 0.344. The fourth-order valence-electron chi connectivity index (χ4n) is 5.88. The van der Waals surface area contributed by atoms with E-state index in [4.69, 9.17) is 9.47 Å². The maximum atomic E-state index is 6.04. The standard InChI is InChI=1S/C32H35N3O2/c1-36-27(23-37-31-17-16-26-10-4-7-13-30(26)33-31)22-34-18-20-35(21-19-34)32-28-11-5-2-8-24(28)14-15-25-9-3-6-12-29(25)32/h2-13,16-17,27,32H,14-15,18-23H2,1H3. The topological polar surface area (TPSA) is 37.8 Å². The molecule has 1 fully saturated rings. The molecule has 1 aromatic heterocycles. The van der Waals surface area contributed by atoms with E-state index < -0.39 is 0 Å². The van der Waals surface area contributed by atoms with E-state index in [1.807, 2.05) is 24.3 Å². The minimum Gasteiger partial charge on any atom is -0.475 e. The van der Waals surface area contributed by atoms with Crippen LogP contribution in [0.1, 0.15) is 28.3 Å². The molecular weight excluding hydrogens is 458 g/mol. The molecule has 4 aromatic rings. The Balaban J connectivity index is 1.10. The lowest BCUT2D eigenvalue weighted by molar-refractivity contribution is 0.0119. The highest BCUT2D eigenvalue weighted by Gasteiger charge is 2.31. The lowest BCUT2D eigenvalue weighted by atomic mass is 9.92. The summed E-state index contributed by atoms with van der Waals surface area (Å²) >= 11 is 0. The molecule has 190 valence electrons. The largest absolute Gasteiger partial charge is 0.475 e. The van der Waals surface area contributed by atoms with Gasteiger partial charge in [0.05, 0.1) is 11.6 Å². The van der Waals surface area contributed by atoms with Crippen LogP contribution in [0.15, 0.2) is 84.9 Å².